The van der Waals surface area contributed by atoms with Crippen LogP contribution < -0.4 is 5.43 Å². The van der Waals surface area contributed by atoms with Gasteiger partial charge in [-0.2, -0.15) is 5.10 Å². The first-order valence-electron chi connectivity index (χ1n) is 2.86. The molecule has 0 bridgehead atoms. The van der Waals surface area contributed by atoms with Crippen molar-refractivity contribution in [3.8, 4) is 0 Å². The number of anilines is 1. The van der Waals surface area contributed by atoms with E-state index in [1.54, 1.807) is 0 Å². The molecule has 0 radical (unpaired) electrons. The number of nitrogens with one attached hydrogen (secondary N) is 1. The minimum Gasteiger partial charge on any atom is -0.278 e. The Balaban J connectivity index is 2.59. The summed E-state index contributed by atoms with van der Waals surface area (Å²) in [6.45, 7) is 0. The van der Waals surface area contributed by atoms with Gasteiger partial charge < -0.3 is 0 Å². The lowest BCUT2D eigenvalue weighted by Gasteiger charge is -1.95. The van der Waals surface area contributed by atoms with E-state index < -0.39 is 0 Å². The number of hydrazone groups is 1. The molecule has 1 aromatic carbocycles. The second-order valence-corrected chi connectivity index (χ2v) is 2.11. The number of rotatable bonds is 2. The smallest absolute Gasteiger partial charge is 0.0900 e. The summed E-state index contributed by atoms with van der Waals surface area (Å²) in [5, 5.41) is 5.31. The number of para-hydroxylation sites is 1. The molecule has 0 saturated carbocycles. The van der Waals surface area contributed by atoms with E-state index >= 15 is 0 Å². The third-order valence-corrected chi connectivity index (χ3v) is 1.22. The Morgan fingerprint density at radius 3 is 2.60 bits per heavy atom. The van der Waals surface area contributed by atoms with Crippen LogP contribution in [0.5, 0.6) is 0 Å². The molecule has 1 N–H and O–H groups in total. The molecule has 10 heavy (non-hydrogen) atoms. The van der Waals surface area contributed by atoms with Crippen molar-refractivity contribution in [2.45, 2.75) is 0 Å². The maximum absolute atomic E-state index is 3.78. The minimum atomic E-state index is 0.984. The van der Waals surface area contributed by atoms with E-state index in [1.807, 2.05) is 30.3 Å². The van der Waals surface area contributed by atoms with E-state index in [1.165, 1.54) is 5.12 Å². The largest absolute Gasteiger partial charge is 0.278 e. The lowest BCUT2D eigenvalue weighted by Crippen LogP contribution is -1.84. The Bertz CT molecular complexity index is 208. The van der Waals surface area contributed by atoms with E-state index in [0.717, 1.165) is 5.69 Å². The van der Waals surface area contributed by atoms with Crippen molar-refractivity contribution in [1.82, 2.24) is 0 Å². The van der Waals surface area contributed by atoms with Gasteiger partial charge in [0.05, 0.1) is 10.8 Å². The van der Waals surface area contributed by atoms with Gasteiger partial charge in [-0.15, -0.1) is 0 Å². The van der Waals surface area contributed by atoms with Crippen molar-refractivity contribution in [3.05, 3.63) is 30.3 Å². The highest BCUT2D eigenvalue weighted by Crippen LogP contribution is 2.03. The highest BCUT2D eigenvalue weighted by molar-refractivity contribution is 9.17. The van der Waals surface area contributed by atoms with Crippen molar-refractivity contribution in [3.63, 3.8) is 0 Å². The molecule has 0 fully saturated rings. The molecular formula is C7H7BrN2. The lowest BCUT2D eigenvalue weighted by molar-refractivity contribution is 1.36. The standard InChI is InChI=1S/C7H7BrN2/c8-6-9-10-7-4-2-1-3-5-7/h1-6,10H/b9-6+. The summed E-state index contributed by atoms with van der Waals surface area (Å²) in [5.74, 6) is 0. The molecule has 0 heterocycles. The average Bonchev–Trinajstić information content (AvgIpc) is 2.03. The molecule has 2 nitrogen and oxygen atoms in total. The Morgan fingerprint density at radius 2 is 2.00 bits per heavy atom. The summed E-state index contributed by atoms with van der Waals surface area (Å²) in [6.07, 6.45) is 0. The summed E-state index contributed by atoms with van der Waals surface area (Å²) >= 11 is 3.05. The van der Waals surface area contributed by atoms with Gasteiger partial charge in [0, 0.05) is 0 Å². The van der Waals surface area contributed by atoms with Gasteiger partial charge in [0.2, 0.25) is 0 Å². The van der Waals surface area contributed by atoms with Gasteiger partial charge in [-0.3, -0.25) is 5.43 Å². The minimum absolute atomic E-state index is 0.984. The number of nitrogens with zero attached hydrogens (tertiary/aromatic N) is 1. The quantitative estimate of drug-likeness (QED) is 0.574. The normalized spacial score (nSPS) is 10.1. The zero-order chi connectivity index (χ0) is 7.23. The number of benzene rings is 1. The molecule has 0 aliphatic rings. The molecule has 0 unspecified atom stereocenters. The number of hydrogen-bond donors (Lipinski definition) is 1. The van der Waals surface area contributed by atoms with Gasteiger partial charge >= 0.3 is 0 Å². The van der Waals surface area contributed by atoms with Crippen molar-refractivity contribution >= 4 is 26.7 Å². The molecule has 0 aliphatic carbocycles. The molecule has 1 aromatic rings. The summed E-state index contributed by atoms with van der Waals surface area (Å²) in [5.41, 5.74) is 3.80. The fraction of sp³-hybridized carbons (Fsp3) is 0. The van der Waals surface area contributed by atoms with Gasteiger partial charge in [0.25, 0.3) is 0 Å². The summed E-state index contributed by atoms with van der Waals surface area (Å²) in [7, 11) is 0. The van der Waals surface area contributed by atoms with Crippen molar-refractivity contribution in [2.75, 3.05) is 5.43 Å². The molecule has 1 rings (SSSR count). The fourth-order valence-corrected chi connectivity index (χ4v) is 0.714. The average molecular weight is 199 g/mol. The number of halogens is 1. The molecule has 3 heteroatoms. The molecule has 0 spiro atoms. The third-order valence-electron chi connectivity index (χ3n) is 1.02. The molecule has 0 atom stereocenters. The molecule has 0 saturated heterocycles. The van der Waals surface area contributed by atoms with Gasteiger partial charge in [0.1, 0.15) is 0 Å². The van der Waals surface area contributed by atoms with Gasteiger partial charge in [-0.1, -0.05) is 18.2 Å². The topological polar surface area (TPSA) is 24.4 Å². The second-order valence-electron chi connectivity index (χ2n) is 1.70. The predicted octanol–water partition coefficient (Wildman–Crippen LogP) is 2.44. The van der Waals surface area contributed by atoms with Crippen molar-refractivity contribution in [2.24, 2.45) is 5.10 Å². The van der Waals surface area contributed by atoms with Gasteiger partial charge in [-0.05, 0) is 28.1 Å². The van der Waals surface area contributed by atoms with Crippen LogP contribution in [0.3, 0.4) is 0 Å². The Labute approximate surface area is 68.1 Å². The Morgan fingerprint density at radius 1 is 1.30 bits per heavy atom. The predicted molar refractivity (Wildman–Crippen MR) is 47.5 cm³/mol. The van der Waals surface area contributed by atoms with E-state index in [4.69, 9.17) is 0 Å². The maximum atomic E-state index is 3.78. The van der Waals surface area contributed by atoms with Crippen LogP contribution in [0.15, 0.2) is 35.4 Å². The van der Waals surface area contributed by atoms with E-state index in [0.29, 0.717) is 0 Å². The first kappa shape index (κ1) is 7.28. The third kappa shape index (κ3) is 2.19. The highest BCUT2D eigenvalue weighted by atomic mass is 79.9. The zero-order valence-electron chi connectivity index (χ0n) is 5.29. The van der Waals surface area contributed by atoms with E-state index in [2.05, 4.69) is 26.5 Å². The van der Waals surface area contributed by atoms with Crippen LogP contribution in [0, 0.1) is 0 Å². The van der Waals surface area contributed by atoms with Crippen LogP contribution in [0.2, 0.25) is 0 Å². The first-order chi connectivity index (χ1) is 4.93. The van der Waals surface area contributed by atoms with Crippen LogP contribution in [0.4, 0.5) is 5.69 Å². The van der Waals surface area contributed by atoms with E-state index in [-0.39, 0.29) is 0 Å². The number of hydrogen-bond acceptors (Lipinski definition) is 2. The van der Waals surface area contributed by atoms with Crippen LogP contribution in [-0.2, 0) is 0 Å². The lowest BCUT2D eigenvalue weighted by atomic mass is 10.3. The summed E-state index contributed by atoms with van der Waals surface area (Å²) in [4.78, 5) is 0. The molecule has 0 aromatic heterocycles. The molecular weight excluding hydrogens is 192 g/mol. The fourth-order valence-electron chi connectivity index (χ4n) is 0.612. The van der Waals surface area contributed by atoms with Gasteiger partial charge in [-0.25, -0.2) is 0 Å². The van der Waals surface area contributed by atoms with Crippen LogP contribution >= 0.6 is 15.9 Å². The Hall–Kier alpha value is -0.830. The van der Waals surface area contributed by atoms with Crippen molar-refractivity contribution < 1.29 is 0 Å². The van der Waals surface area contributed by atoms with Crippen LogP contribution in [0.1, 0.15) is 0 Å². The summed E-state index contributed by atoms with van der Waals surface area (Å²) in [6, 6.07) is 9.75. The van der Waals surface area contributed by atoms with Crippen LogP contribution in [0.25, 0.3) is 0 Å². The molecule has 52 valence electrons. The second kappa shape index (κ2) is 4.06. The SMILES string of the molecule is Br/C=N/Nc1ccccc1. The van der Waals surface area contributed by atoms with Crippen molar-refractivity contribution in [1.29, 1.82) is 0 Å². The summed E-state index contributed by atoms with van der Waals surface area (Å²) < 4.78 is 0. The Kier molecular flexibility index (Phi) is 2.96. The molecule has 0 amide bonds. The first-order valence-corrected chi connectivity index (χ1v) is 3.78. The zero-order valence-corrected chi connectivity index (χ0v) is 6.88. The van der Waals surface area contributed by atoms with Gasteiger partial charge in [0.15, 0.2) is 0 Å². The maximum Gasteiger partial charge on any atom is 0.0900 e. The molecule has 0 aliphatic heterocycles. The monoisotopic (exact) mass is 198 g/mol. The van der Waals surface area contributed by atoms with Crippen LogP contribution in [-0.4, -0.2) is 5.12 Å². The van der Waals surface area contributed by atoms with E-state index in [9.17, 15) is 0 Å². The highest BCUT2D eigenvalue weighted by Gasteiger charge is 1.81.